The van der Waals surface area contributed by atoms with Gasteiger partial charge in [-0.1, -0.05) is 61.2 Å². The molecule has 0 radical (unpaired) electrons. The molecule has 0 saturated heterocycles. The van der Waals surface area contributed by atoms with Crippen LogP contribution in [0.25, 0.3) is 0 Å². The van der Waals surface area contributed by atoms with Crippen LogP contribution in [-0.2, 0) is 13.6 Å². The van der Waals surface area contributed by atoms with E-state index in [1.165, 1.54) is 6.92 Å². The van der Waals surface area contributed by atoms with Crippen molar-refractivity contribution in [2.45, 2.75) is 6.92 Å². The molecule has 3 rings (SSSR count). The minimum absolute atomic E-state index is 0.162. The van der Waals surface area contributed by atoms with Gasteiger partial charge in [0.1, 0.15) is 15.9 Å². The molecule has 1 atom stereocenters. The molecule has 142 valence electrons. The second-order valence-electron chi connectivity index (χ2n) is 6.08. The van der Waals surface area contributed by atoms with Gasteiger partial charge in [0.15, 0.2) is 0 Å². The summed E-state index contributed by atoms with van der Waals surface area (Å²) in [6.45, 7) is 5.03. The van der Waals surface area contributed by atoms with Crippen molar-refractivity contribution in [3.63, 3.8) is 0 Å². The van der Waals surface area contributed by atoms with Gasteiger partial charge >= 0.3 is 5.97 Å². The summed E-state index contributed by atoms with van der Waals surface area (Å²) in [5.41, 5.74) is 0.162. The van der Waals surface area contributed by atoms with E-state index in [1.807, 2.05) is 91.0 Å². The Labute approximate surface area is 166 Å². The topological polar surface area (TPSA) is 58.6 Å². The van der Waals surface area contributed by atoms with E-state index in [0.717, 1.165) is 15.9 Å². The lowest BCUT2D eigenvalue weighted by molar-refractivity contribution is -0.196. The van der Waals surface area contributed by atoms with E-state index in [9.17, 15) is 9.69 Å². The molecule has 28 heavy (non-hydrogen) atoms. The lowest BCUT2D eigenvalue weighted by atomic mass is 10.4. The van der Waals surface area contributed by atoms with Crippen molar-refractivity contribution in [1.82, 2.24) is 0 Å². The summed E-state index contributed by atoms with van der Waals surface area (Å²) in [6, 6.07) is 28.8. The number of hydrogen-bond donors (Lipinski definition) is 0. The zero-order valence-corrected chi connectivity index (χ0v) is 17.2. The molecular weight excluding hydrogens is 390 g/mol. The Balaban J connectivity index is 2.16. The Morgan fingerprint density at radius 2 is 1.18 bits per heavy atom. The zero-order valence-electron chi connectivity index (χ0n) is 15.4. The van der Waals surface area contributed by atoms with Crippen LogP contribution in [0, 0.1) is 0 Å². The minimum Gasteiger partial charge on any atom is -0.773 e. The summed E-state index contributed by atoms with van der Waals surface area (Å²) in [5.74, 6) is -0.742. The molecule has 0 bridgehead atoms. The van der Waals surface area contributed by atoms with E-state index < -0.39 is 22.1 Å². The molecule has 0 amide bonds. The summed E-state index contributed by atoms with van der Waals surface area (Å²) in [5, 5.41) is 2.63. The first-order valence-corrected chi connectivity index (χ1v) is 11.4. The predicted molar refractivity (Wildman–Crippen MR) is 114 cm³/mol. The quantitative estimate of drug-likeness (QED) is 0.441. The molecule has 0 aliphatic rings. The predicted octanol–water partition coefficient (Wildman–Crippen LogP) is 3.62. The van der Waals surface area contributed by atoms with Crippen LogP contribution in [0.1, 0.15) is 6.92 Å². The first kappa shape index (κ1) is 20.4. The van der Waals surface area contributed by atoms with Crippen molar-refractivity contribution >= 4 is 38.0 Å². The summed E-state index contributed by atoms with van der Waals surface area (Å²) in [7, 11) is -5.51. The Hall–Kier alpha value is -2.35. The van der Waals surface area contributed by atoms with Crippen molar-refractivity contribution in [1.29, 1.82) is 0 Å². The smallest absolute Gasteiger partial charge is 0.337 e. The molecule has 1 unspecified atom stereocenters. The molecule has 0 spiro atoms. The van der Waals surface area contributed by atoms with E-state index >= 15 is 0 Å². The molecule has 0 N–H and O–H groups in total. The van der Waals surface area contributed by atoms with E-state index in [-0.39, 0.29) is 5.57 Å². The van der Waals surface area contributed by atoms with Crippen molar-refractivity contribution in [3.05, 3.63) is 103 Å². The number of carbonyl (C=O) groups is 1. The maximum absolute atomic E-state index is 12.8. The number of carbonyl (C=O) groups excluding carboxylic acids is 1. The van der Waals surface area contributed by atoms with Gasteiger partial charge in [0, 0.05) is 5.57 Å². The Bertz CT molecular complexity index is 834. The number of rotatable bonds is 7. The van der Waals surface area contributed by atoms with E-state index in [0.29, 0.717) is 0 Å². The standard InChI is InChI=1S/C22H20O4P2/c1-18(2)22(23)25-27(24)26-28(19-12-6-3-7-13-19,20-14-8-4-9-15-20)21-16-10-5-11-17-21/h3-17H,1H2,2H3. The lowest BCUT2D eigenvalue weighted by Gasteiger charge is -2.30. The van der Waals surface area contributed by atoms with E-state index in [1.54, 1.807) is 0 Å². The maximum Gasteiger partial charge on any atom is 0.337 e. The summed E-state index contributed by atoms with van der Waals surface area (Å²) < 4.78 is 11.2. The number of benzene rings is 3. The highest BCUT2D eigenvalue weighted by atomic mass is 31.3. The molecule has 4 nitrogen and oxygen atoms in total. The van der Waals surface area contributed by atoms with Crippen molar-refractivity contribution in [3.8, 4) is 0 Å². The van der Waals surface area contributed by atoms with Gasteiger partial charge in [0.25, 0.3) is 0 Å². The van der Waals surface area contributed by atoms with E-state index in [2.05, 4.69) is 6.58 Å². The van der Waals surface area contributed by atoms with Gasteiger partial charge in [-0.2, -0.15) is 4.31 Å². The van der Waals surface area contributed by atoms with Gasteiger partial charge < -0.3 is 9.42 Å². The van der Waals surface area contributed by atoms with Crippen molar-refractivity contribution in [2.24, 2.45) is 0 Å². The summed E-state index contributed by atoms with van der Waals surface area (Å²) in [4.78, 5) is 24.6. The van der Waals surface area contributed by atoms with Crippen LogP contribution in [0.4, 0.5) is 0 Å². The molecule has 0 saturated carbocycles. The minimum atomic E-state index is -2.79. The second kappa shape index (κ2) is 9.23. The largest absolute Gasteiger partial charge is 0.773 e. The Morgan fingerprint density at radius 3 is 1.50 bits per heavy atom. The van der Waals surface area contributed by atoms with Crippen molar-refractivity contribution in [2.75, 3.05) is 0 Å². The highest BCUT2D eigenvalue weighted by molar-refractivity contribution is 7.94. The van der Waals surface area contributed by atoms with Gasteiger partial charge in [-0.05, 0) is 43.3 Å². The fourth-order valence-electron chi connectivity index (χ4n) is 2.76. The van der Waals surface area contributed by atoms with Gasteiger partial charge in [0.05, 0.1) is 0 Å². The van der Waals surface area contributed by atoms with Crippen LogP contribution in [0.5, 0.6) is 0 Å². The van der Waals surface area contributed by atoms with Crippen LogP contribution in [0.15, 0.2) is 103 Å². The zero-order chi connectivity index (χ0) is 20.0. The fourth-order valence-corrected chi connectivity index (χ4v) is 7.79. The molecule has 0 aromatic heterocycles. The molecule has 0 aliphatic heterocycles. The third kappa shape index (κ3) is 4.38. The second-order valence-corrected chi connectivity index (χ2v) is 10.1. The molecule has 3 aromatic carbocycles. The highest BCUT2D eigenvalue weighted by Crippen LogP contribution is 2.63. The van der Waals surface area contributed by atoms with Gasteiger partial charge in [-0.25, -0.2) is 4.79 Å². The van der Waals surface area contributed by atoms with Crippen LogP contribution >= 0.6 is 16.1 Å². The summed E-state index contributed by atoms with van der Waals surface area (Å²) in [6.07, 6.45) is 0. The van der Waals surface area contributed by atoms with E-state index in [4.69, 9.17) is 8.83 Å². The number of hydrogen-bond acceptors (Lipinski definition) is 4. The fraction of sp³-hybridized carbons (Fsp3) is 0.0455. The lowest BCUT2D eigenvalue weighted by Crippen LogP contribution is -2.33. The first-order valence-electron chi connectivity index (χ1n) is 8.64. The third-order valence-electron chi connectivity index (χ3n) is 4.05. The van der Waals surface area contributed by atoms with Crippen molar-refractivity contribution < 1.29 is 18.5 Å². The monoisotopic (exact) mass is 410 g/mol. The molecule has 3 aromatic rings. The average molecular weight is 410 g/mol. The molecular formula is C22H20O4P2. The van der Waals surface area contributed by atoms with Crippen LogP contribution in [0.3, 0.4) is 0 Å². The Kier molecular flexibility index (Phi) is 6.72. The summed E-state index contributed by atoms with van der Waals surface area (Å²) >= 11 is 0. The third-order valence-corrected chi connectivity index (χ3v) is 8.96. The normalized spacial score (nSPS) is 12.2. The average Bonchev–Trinajstić information content (AvgIpc) is 2.74. The molecule has 0 fully saturated rings. The molecule has 6 heteroatoms. The van der Waals surface area contributed by atoms with Gasteiger partial charge in [0.2, 0.25) is 16.1 Å². The van der Waals surface area contributed by atoms with Crippen LogP contribution < -0.4 is 20.8 Å². The Morgan fingerprint density at radius 1 is 0.821 bits per heavy atom. The molecule has 0 aliphatic carbocycles. The SMILES string of the molecule is C=C(C)C(=O)OP([O-])O[P+](c1ccccc1)(c1ccccc1)c1ccccc1. The highest BCUT2D eigenvalue weighted by Gasteiger charge is 2.49. The first-order chi connectivity index (χ1) is 13.5. The van der Waals surface area contributed by atoms with Crippen LogP contribution in [-0.4, -0.2) is 5.97 Å². The van der Waals surface area contributed by atoms with Gasteiger partial charge in [-0.3, -0.25) is 0 Å². The molecule has 0 heterocycles. The van der Waals surface area contributed by atoms with Crippen LogP contribution in [0.2, 0.25) is 0 Å². The maximum atomic E-state index is 12.8. The van der Waals surface area contributed by atoms with Gasteiger partial charge in [-0.15, -0.1) is 0 Å².